The van der Waals surface area contributed by atoms with Crippen LogP contribution in [0.3, 0.4) is 0 Å². The van der Waals surface area contributed by atoms with Crippen LogP contribution in [-0.4, -0.2) is 27.1 Å². The Hall–Kier alpha value is -3.61. The van der Waals surface area contributed by atoms with Crippen molar-refractivity contribution in [2.75, 3.05) is 6.61 Å². The van der Waals surface area contributed by atoms with Crippen molar-refractivity contribution in [2.45, 2.75) is 26.8 Å². The highest BCUT2D eigenvalue weighted by Crippen LogP contribution is 2.30. The van der Waals surface area contributed by atoms with Gasteiger partial charge in [0.1, 0.15) is 0 Å². The van der Waals surface area contributed by atoms with Gasteiger partial charge in [-0.3, -0.25) is 9.59 Å². The number of fused-ring (bicyclic) bond motifs is 3. The molecule has 0 fully saturated rings. The molecule has 2 aromatic heterocycles. The molecule has 0 amide bonds. The molecule has 0 saturated heterocycles. The van der Waals surface area contributed by atoms with Crippen LogP contribution in [0, 0.1) is 13.8 Å². The van der Waals surface area contributed by atoms with Crippen LogP contribution in [0.4, 0.5) is 0 Å². The first kappa shape index (κ1) is 18.7. The Morgan fingerprint density at radius 1 is 1.00 bits per heavy atom. The van der Waals surface area contributed by atoms with Gasteiger partial charge in [-0.1, -0.05) is 18.2 Å². The summed E-state index contributed by atoms with van der Waals surface area (Å²) in [5, 5.41) is 1.62. The number of carbonyl (C=O) groups is 1. The molecule has 0 saturated carbocycles. The second-order valence-electron chi connectivity index (χ2n) is 7.02. The van der Waals surface area contributed by atoms with Crippen LogP contribution in [0.1, 0.15) is 29.9 Å². The van der Waals surface area contributed by atoms with Crippen LogP contribution in [0.25, 0.3) is 21.8 Å². The van der Waals surface area contributed by atoms with E-state index >= 15 is 0 Å². The van der Waals surface area contributed by atoms with Crippen molar-refractivity contribution in [3.8, 4) is 0 Å². The van der Waals surface area contributed by atoms with Crippen molar-refractivity contribution >= 4 is 27.8 Å². The molecule has 7 heteroatoms. The lowest BCUT2D eigenvalue weighted by Crippen LogP contribution is -2.29. The fraction of sp³-hybridized carbons (Fsp3) is 0.227. The molecule has 0 bridgehead atoms. The number of benzene rings is 2. The molecule has 1 atom stereocenters. The molecule has 0 aliphatic rings. The number of H-pyrrole nitrogens is 2. The quantitative estimate of drug-likeness (QED) is 0.318. The van der Waals surface area contributed by atoms with Gasteiger partial charge in [-0.2, -0.15) is 0 Å². The first-order valence-electron chi connectivity index (χ1n) is 9.40. The monoisotopic (exact) mass is 391 g/mol. The van der Waals surface area contributed by atoms with Crippen LogP contribution < -0.4 is 11.1 Å². The lowest BCUT2D eigenvalue weighted by Gasteiger charge is -2.22. The number of aromatic amines is 2. The van der Waals surface area contributed by atoms with Crippen molar-refractivity contribution in [2.24, 2.45) is 0 Å². The smallest absolute Gasteiger partial charge is 0.333 e. The number of aryl methyl sites for hydroxylation is 2. The second-order valence-corrected chi connectivity index (χ2v) is 7.02. The molecule has 0 radical (unpaired) electrons. The minimum atomic E-state index is -0.713. The van der Waals surface area contributed by atoms with Crippen molar-refractivity contribution < 1.29 is 9.53 Å². The Kier molecular flexibility index (Phi) is 4.58. The standard InChI is InChI=1S/C22H21N3O4/c1-4-29-22(28)19(25-12(2)5-6-13(25)3)15-8-7-14-9-10-17-18(16(14)11-15)24-21(27)20(26)23-17/h5-11,19H,4H2,1-3H3,(H,23,26)(H,24,27). The third-order valence-electron chi connectivity index (χ3n) is 5.15. The lowest BCUT2D eigenvalue weighted by molar-refractivity contribution is -0.145. The maximum Gasteiger partial charge on any atom is 0.333 e. The Morgan fingerprint density at radius 3 is 2.34 bits per heavy atom. The molecule has 4 rings (SSSR count). The summed E-state index contributed by atoms with van der Waals surface area (Å²) in [6.07, 6.45) is 0. The van der Waals surface area contributed by atoms with E-state index in [1.54, 1.807) is 13.0 Å². The van der Waals surface area contributed by atoms with Crippen molar-refractivity contribution in [3.05, 3.63) is 80.1 Å². The summed E-state index contributed by atoms with van der Waals surface area (Å²) in [4.78, 5) is 41.7. The summed E-state index contributed by atoms with van der Waals surface area (Å²) in [6, 6.07) is 12.5. The van der Waals surface area contributed by atoms with E-state index in [9.17, 15) is 14.4 Å². The van der Waals surface area contributed by atoms with E-state index in [0.717, 1.165) is 27.7 Å². The van der Waals surface area contributed by atoms with E-state index in [-0.39, 0.29) is 12.6 Å². The highest BCUT2D eigenvalue weighted by molar-refractivity contribution is 6.04. The SMILES string of the molecule is CCOC(=O)C(c1ccc2ccc3[nH]c(=O)c(=O)[nH]c3c2c1)n1c(C)ccc1C. The van der Waals surface area contributed by atoms with Gasteiger partial charge < -0.3 is 19.3 Å². The molecule has 2 heterocycles. The maximum absolute atomic E-state index is 12.9. The molecule has 29 heavy (non-hydrogen) atoms. The second kappa shape index (κ2) is 7.09. The molecule has 1 unspecified atom stereocenters. The van der Waals surface area contributed by atoms with E-state index in [2.05, 4.69) is 9.97 Å². The Morgan fingerprint density at radius 2 is 1.66 bits per heavy atom. The summed E-state index contributed by atoms with van der Waals surface area (Å²) >= 11 is 0. The summed E-state index contributed by atoms with van der Waals surface area (Å²) < 4.78 is 7.30. The fourth-order valence-electron chi connectivity index (χ4n) is 3.79. The summed E-state index contributed by atoms with van der Waals surface area (Å²) in [5.74, 6) is -0.351. The van der Waals surface area contributed by atoms with Gasteiger partial charge in [0, 0.05) is 16.8 Å². The van der Waals surface area contributed by atoms with Gasteiger partial charge in [-0.25, -0.2) is 4.79 Å². The molecular weight excluding hydrogens is 370 g/mol. The minimum Gasteiger partial charge on any atom is -0.464 e. The molecule has 148 valence electrons. The highest BCUT2D eigenvalue weighted by atomic mass is 16.5. The van der Waals surface area contributed by atoms with Crippen LogP contribution in [0.15, 0.2) is 52.1 Å². The van der Waals surface area contributed by atoms with Gasteiger partial charge in [-0.05, 0) is 56.0 Å². The third-order valence-corrected chi connectivity index (χ3v) is 5.15. The average Bonchev–Trinajstić information content (AvgIpc) is 3.02. The summed E-state index contributed by atoms with van der Waals surface area (Å²) in [5.41, 5.74) is 2.26. The zero-order valence-corrected chi connectivity index (χ0v) is 16.4. The maximum atomic E-state index is 12.9. The van der Waals surface area contributed by atoms with Crippen LogP contribution in [0.5, 0.6) is 0 Å². The molecule has 4 aromatic rings. The average molecular weight is 391 g/mol. The molecule has 0 spiro atoms. The van der Waals surface area contributed by atoms with Crippen molar-refractivity contribution in [1.29, 1.82) is 0 Å². The van der Waals surface area contributed by atoms with E-state index < -0.39 is 17.2 Å². The van der Waals surface area contributed by atoms with Crippen LogP contribution in [-0.2, 0) is 9.53 Å². The number of carbonyl (C=O) groups excluding carboxylic acids is 1. The van der Waals surface area contributed by atoms with Gasteiger partial charge in [0.05, 0.1) is 17.6 Å². The van der Waals surface area contributed by atoms with Crippen LogP contribution in [0.2, 0.25) is 0 Å². The van der Waals surface area contributed by atoms with E-state index in [1.807, 2.05) is 54.8 Å². The van der Waals surface area contributed by atoms with Crippen molar-refractivity contribution in [3.63, 3.8) is 0 Å². The summed E-state index contributed by atoms with van der Waals surface area (Å²) in [7, 11) is 0. The number of aromatic nitrogens is 3. The van der Waals surface area contributed by atoms with Gasteiger partial charge in [0.15, 0.2) is 6.04 Å². The van der Waals surface area contributed by atoms with Gasteiger partial charge in [-0.15, -0.1) is 0 Å². The van der Waals surface area contributed by atoms with Gasteiger partial charge in [0.2, 0.25) is 0 Å². The minimum absolute atomic E-state index is 0.278. The number of hydrogen-bond acceptors (Lipinski definition) is 4. The van der Waals surface area contributed by atoms with E-state index in [4.69, 9.17) is 4.74 Å². The predicted octanol–water partition coefficient (Wildman–Crippen LogP) is 2.94. The lowest BCUT2D eigenvalue weighted by atomic mass is 10.00. The summed E-state index contributed by atoms with van der Waals surface area (Å²) in [6.45, 7) is 5.94. The fourth-order valence-corrected chi connectivity index (χ4v) is 3.79. The molecule has 2 aromatic carbocycles. The van der Waals surface area contributed by atoms with Crippen LogP contribution >= 0.6 is 0 Å². The molecular formula is C22H21N3O4. The zero-order valence-electron chi connectivity index (χ0n) is 16.4. The van der Waals surface area contributed by atoms with Crippen molar-refractivity contribution in [1.82, 2.24) is 14.5 Å². The number of esters is 1. The predicted molar refractivity (Wildman–Crippen MR) is 111 cm³/mol. The Bertz CT molecular complexity index is 1340. The van der Waals surface area contributed by atoms with Gasteiger partial charge >= 0.3 is 17.1 Å². The molecule has 7 nitrogen and oxygen atoms in total. The molecule has 2 N–H and O–H groups in total. The highest BCUT2D eigenvalue weighted by Gasteiger charge is 2.26. The number of nitrogens with zero attached hydrogens (tertiary/aromatic N) is 1. The number of rotatable bonds is 4. The number of nitrogens with one attached hydrogen (secondary N) is 2. The topological polar surface area (TPSA) is 97.0 Å². The number of hydrogen-bond donors (Lipinski definition) is 2. The Labute approximate surface area is 165 Å². The van der Waals surface area contributed by atoms with E-state index in [1.165, 1.54) is 0 Å². The largest absolute Gasteiger partial charge is 0.464 e. The third kappa shape index (κ3) is 3.14. The van der Waals surface area contributed by atoms with Gasteiger partial charge in [0.25, 0.3) is 0 Å². The number of ether oxygens (including phenoxy) is 1. The Balaban J connectivity index is 2.00. The van der Waals surface area contributed by atoms with E-state index in [0.29, 0.717) is 11.0 Å². The normalized spacial score (nSPS) is 12.4. The molecule has 0 aliphatic carbocycles. The first-order chi connectivity index (χ1) is 13.9. The molecule has 0 aliphatic heterocycles. The zero-order chi connectivity index (χ0) is 20.7. The first-order valence-corrected chi connectivity index (χ1v) is 9.40.